The van der Waals surface area contributed by atoms with Crippen molar-refractivity contribution in [1.82, 2.24) is 24.6 Å². The van der Waals surface area contributed by atoms with E-state index in [0.29, 0.717) is 34.7 Å². The highest BCUT2D eigenvalue weighted by molar-refractivity contribution is 6.37. The molecule has 1 aromatic carbocycles. The number of aromatic hydroxyl groups is 1. The summed E-state index contributed by atoms with van der Waals surface area (Å²) in [6, 6.07) is 3.22. The number of fused-ring (bicyclic) bond motifs is 1. The van der Waals surface area contributed by atoms with Crippen LogP contribution in [0.25, 0.3) is 22.3 Å². The molecule has 0 amide bonds. The molecule has 11 heteroatoms. The zero-order chi connectivity index (χ0) is 20.5. The van der Waals surface area contributed by atoms with E-state index < -0.39 is 0 Å². The summed E-state index contributed by atoms with van der Waals surface area (Å²) >= 11 is 12.2. The van der Waals surface area contributed by atoms with Crippen molar-refractivity contribution < 1.29 is 9.84 Å². The lowest BCUT2D eigenvalue weighted by Gasteiger charge is -2.26. The smallest absolute Gasteiger partial charge is 0.224 e. The highest BCUT2D eigenvalue weighted by Gasteiger charge is 2.20. The SMILES string of the molecule is Cn1nc(-c2cc(Cl)c(O)c(Cl)c2)c2c(NCCN3CCOCC3)nc(N)nc21. The molecule has 1 fully saturated rings. The number of hydrogen-bond donors (Lipinski definition) is 3. The number of hydrogen-bond acceptors (Lipinski definition) is 8. The van der Waals surface area contributed by atoms with Gasteiger partial charge in [0.05, 0.1) is 28.6 Å². The maximum absolute atomic E-state index is 9.87. The minimum Gasteiger partial charge on any atom is -0.505 e. The van der Waals surface area contributed by atoms with Crippen molar-refractivity contribution >= 4 is 46.0 Å². The molecule has 0 saturated carbocycles. The third-order valence-electron chi connectivity index (χ3n) is 4.82. The summed E-state index contributed by atoms with van der Waals surface area (Å²) in [4.78, 5) is 11.0. The summed E-state index contributed by atoms with van der Waals surface area (Å²) in [7, 11) is 1.78. The Bertz CT molecular complexity index is 1030. The Kier molecular flexibility index (Phi) is 5.64. The first-order valence-electron chi connectivity index (χ1n) is 9.16. The van der Waals surface area contributed by atoms with Crippen LogP contribution in [0.2, 0.25) is 10.0 Å². The lowest BCUT2D eigenvalue weighted by Crippen LogP contribution is -2.39. The van der Waals surface area contributed by atoms with Gasteiger partial charge in [0, 0.05) is 38.8 Å². The number of benzene rings is 1. The summed E-state index contributed by atoms with van der Waals surface area (Å²) in [5, 5.41) is 18.8. The number of phenols is 1. The number of ether oxygens (including phenoxy) is 1. The largest absolute Gasteiger partial charge is 0.505 e. The van der Waals surface area contributed by atoms with Crippen molar-refractivity contribution in [3.8, 4) is 17.0 Å². The van der Waals surface area contributed by atoms with E-state index >= 15 is 0 Å². The zero-order valence-electron chi connectivity index (χ0n) is 15.8. The Hall–Kier alpha value is -2.33. The molecule has 0 radical (unpaired) electrons. The maximum atomic E-state index is 9.87. The Morgan fingerprint density at radius 1 is 1.21 bits per heavy atom. The monoisotopic (exact) mass is 437 g/mol. The number of morpholine rings is 1. The number of anilines is 2. The summed E-state index contributed by atoms with van der Waals surface area (Å²) in [6.07, 6.45) is 0. The first-order valence-corrected chi connectivity index (χ1v) is 9.92. The van der Waals surface area contributed by atoms with Gasteiger partial charge in [-0.15, -0.1) is 0 Å². The van der Waals surface area contributed by atoms with Gasteiger partial charge >= 0.3 is 0 Å². The number of nitrogen functional groups attached to an aromatic ring is 1. The fourth-order valence-electron chi connectivity index (χ4n) is 3.35. The van der Waals surface area contributed by atoms with Crippen molar-refractivity contribution in [1.29, 1.82) is 0 Å². The molecular weight excluding hydrogens is 417 g/mol. The summed E-state index contributed by atoms with van der Waals surface area (Å²) in [5.41, 5.74) is 7.75. The van der Waals surface area contributed by atoms with Crippen molar-refractivity contribution in [2.45, 2.75) is 0 Å². The van der Waals surface area contributed by atoms with Crippen LogP contribution in [0.4, 0.5) is 11.8 Å². The highest BCUT2D eigenvalue weighted by Crippen LogP contribution is 2.39. The molecule has 0 atom stereocenters. The minimum absolute atomic E-state index is 0.143. The fourth-order valence-corrected chi connectivity index (χ4v) is 3.84. The van der Waals surface area contributed by atoms with E-state index in [9.17, 15) is 5.11 Å². The third kappa shape index (κ3) is 4.04. The van der Waals surface area contributed by atoms with Gasteiger partial charge in [0.15, 0.2) is 11.4 Å². The lowest BCUT2D eigenvalue weighted by molar-refractivity contribution is 0.0398. The summed E-state index contributed by atoms with van der Waals surface area (Å²) < 4.78 is 7.01. The number of halogens is 2. The van der Waals surface area contributed by atoms with Gasteiger partial charge in [-0.1, -0.05) is 23.2 Å². The van der Waals surface area contributed by atoms with E-state index in [1.807, 2.05) is 0 Å². The van der Waals surface area contributed by atoms with E-state index in [1.165, 1.54) is 0 Å². The number of nitrogens with two attached hydrogens (primary N) is 1. The fraction of sp³-hybridized carbons (Fsp3) is 0.389. The number of rotatable bonds is 5. The van der Waals surface area contributed by atoms with Gasteiger partial charge in [0.25, 0.3) is 0 Å². The van der Waals surface area contributed by atoms with Crippen LogP contribution in [0.3, 0.4) is 0 Å². The number of phenolic OH excluding ortho intramolecular Hbond substituents is 1. The van der Waals surface area contributed by atoms with Crippen LogP contribution in [0, 0.1) is 0 Å². The van der Waals surface area contributed by atoms with Crippen molar-refractivity contribution in [3.63, 3.8) is 0 Å². The molecule has 29 heavy (non-hydrogen) atoms. The zero-order valence-corrected chi connectivity index (χ0v) is 17.3. The number of nitrogens with one attached hydrogen (secondary N) is 1. The maximum Gasteiger partial charge on any atom is 0.224 e. The van der Waals surface area contributed by atoms with Gasteiger partial charge in [-0.2, -0.15) is 15.1 Å². The molecule has 3 aromatic rings. The van der Waals surface area contributed by atoms with Gasteiger partial charge in [0.2, 0.25) is 5.95 Å². The lowest BCUT2D eigenvalue weighted by atomic mass is 10.1. The first-order chi connectivity index (χ1) is 13.9. The van der Waals surface area contributed by atoms with E-state index in [-0.39, 0.29) is 21.7 Å². The molecule has 1 aliphatic rings. The van der Waals surface area contributed by atoms with Crippen LogP contribution in [0.5, 0.6) is 5.75 Å². The molecule has 3 heterocycles. The van der Waals surface area contributed by atoms with Crippen molar-refractivity contribution in [3.05, 3.63) is 22.2 Å². The summed E-state index contributed by atoms with van der Waals surface area (Å²) in [6.45, 7) is 4.84. The average Bonchev–Trinajstić information content (AvgIpc) is 3.03. The number of nitrogens with zero attached hydrogens (tertiary/aromatic N) is 5. The Labute approximate surface area is 177 Å². The Balaban J connectivity index is 1.70. The molecule has 4 rings (SSSR count). The molecular formula is C18H21Cl2N7O2. The molecule has 0 bridgehead atoms. The van der Waals surface area contributed by atoms with Crippen LogP contribution in [0.15, 0.2) is 12.1 Å². The van der Waals surface area contributed by atoms with Gasteiger partial charge in [-0.05, 0) is 12.1 Å². The number of aryl methyl sites for hydroxylation is 1. The molecule has 4 N–H and O–H groups in total. The second-order valence-corrected chi connectivity index (χ2v) is 7.58. The van der Waals surface area contributed by atoms with Gasteiger partial charge < -0.3 is 20.9 Å². The second kappa shape index (κ2) is 8.19. The molecule has 1 saturated heterocycles. The second-order valence-electron chi connectivity index (χ2n) is 6.77. The summed E-state index contributed by atoms with van der Waals surface area (Å²) in [5.74, 6) is 0.577. The predicted octanol–water partition coefficient (Wildman–Crippen LogP) is 2.37. The van der Waals surface area contributed by atoms with Crippen LogP contribution in [0.1, 0.15) is 0 Å². The van der Waals surface area contributed by atoms with Gasteiger partial charge in [0.1, 0.15) is 11.5 Å². The molecule has 2 aromatic heterocycles. The molecule has 0 unspecified atom stereocenters. The van der Waals surface area contributed by atoms with E-state index in [0.717, 1.165) is 32.8 Å². The normalized spacial score (nSPS) is 15.1. The first kappa shape index (κ1) is 20.0. The minimum atomic E-state index is -0.165. The van der Waals surface area contributed by atoms with E-state index in [1.54, 1.807) is 23.9 Å². The molecule has 154 valence electrons. The molecule has 1 aliphatic heterocycles. The average molecular weight is 438 g/mol. The van der Waals surface area contributed by atoms with Crippen LogP contribution in [-0.4, -0.2) is 69.1 Å². The van der Waals surface area contributed by atoms with Crippen LogP contribution >= 0.6 is 23.2 Å². The van der Waals surface area contributed by atoms with Gasteiger partial charge in [-0.25, -0.2) is 4.68 Å². The molecule has 9 nitrogen and oxygen atoms in total. The predicted molar refractivity (Wildman–Crippen MR) is 114 cm³/mol. The van der Waals surface area contributed by atoms with Crippen molar-refractivity contribution in [2.24, 2.45) is 7.05 Å². The molecule has 0 spiro atoms. The standard InChI is InChI=1S/C18H21Cl2N7O2/c1-26-17-13(14(25-26)10-8-11(19)15(28)12(20)9-10)16(23-18(21)24-17)22-2-3-27-4-6-29-7-5-27/h8-9,28H,2-7H2,1H3,(H3,21,22,23,24). The van der Waals surface area contributed by atoms with Crippen LogP contribution < -0.4 is 11.1 Å². The quantitative estimate of drug-likeness (QED) is 0.557. The Morgan fingerprint density at radius 3 is 2.59 bits per heavy atom. The highest BCUT2D eigenvalue weighted by atomic mass is 35.5. The van der Waals surface area contributed by atoms with E-state index in [2.05, 4.69) is 25.3 Å². The van der Waals surface area contributed by atoms with Crippen LogP contribution in [-0.2, 0) is 11.8 Å². The third-order valence-corrected chi connectivity index (χ3v) is 5.39. The van der Waals surface area contributed by atoms with E-state index in [4.69, 9.17) is 33.7 Å². The topological polar surface area (TPSA) is 114 Å². The molecule has 0 aliphatic carbocycles. The van der Waals surface area contributed by atoms with Gasteiger partial charge in [-0.3, -0.25) is 4.90 Å². The Morgan fingerprint density at radius 2 is 1.90 bits per heavy atom. The van der Waals surface area contributed by atoms with Crippen molar-refractivity contribution in [2.75, 3.05) is 50.4 Å². The number of aromatic nitrogens is 4.